The van der Waals surface area contributed by atoms with E-state index in [1.54, 1.807) is 27.7 Å². The molecule has 0 aromatic rings. The largest absolute Gasteiger partial charge is 0.396 e. The average molecular weight is 296 g/mol. The Bertz CT molecular complexity index is 526. The molecular formula is C10H20N2O4S2. The van der Waals surface area contributed by atoms with Gasteiger partial charge in [0, 0.05) is 0 Å². The zero-order chi connectivity index (χ0) is 14.6. The summed E-state index contributed by atoms with van der Waals surface area (Å²) in [6.45, 7) is 6.82. The average Bonchev–Trinajstić information content (AvgIpc) is 2.09. The first kappa shape index (κ1) is 17.3. The maximum Gasteiger partial charge on any atom is 0.396 e. The van der Waals surface area contributed by atoms with E-state index in [4.69, 9.17) is 5.53 Å². The lowest BCUT2D eigenvalue weighted by Gasteiger charge is -2.06. The number of rotatable bonds is 6. The predicted molar refractivity (Wildman–Crippen MR) is 70.7 cm³/mol. The maximum absolute atomic E-state index is 11.8. The second-order valence-electron chi connectivity index (χ2n) is 5.12. The zero-order valence-electron chi connectivity index (χ0n) is 11.1. The van der Waals surface area contributed by atoms with Gasteiger partial charge in [-0.05, 0) is 11.8 Å². The molecule has 0 amide bonds. The number of hydrogen-bond acceptors (Lipinski definition) is 4. The smallest absolute Gasteiger partial charge is 0.360 e. The molecule has 0 bridgehead atoms. The Morgan fingerprint density at radius 3 is 1.78 bits per heavy atom. The molecule has 0 saturated carbocycles. The van der Waals surface area contributed by atoms with Crippen molar-refractivity contribution < 1.29 is 21.6 Å². The fraction of sp³-hybridized carbons (Fsp3) is 0.900. The monoisotopic (exact) mass is 296 g/mol. The molecule has 6 nitrogen and oxygen atoms in total. The van der Waals surface area contributed by atoms with E-state index in [0.717, 1.165) is 0 Å². The van der Waals surface area contributed by atoms with Crippen molar-refractivity contribution in [1.29, 1.82) is 0 Å². The van der Waals surface area contributed by atoms with Gasteiger partial charge in [-0.1, -0.05) is 27.7 Å². The maximum atomic E-state index is 11.8. The molecule has 0 heterocycles. The van der Waals surface area contributed by atoms with Gasteiger partial charge in [0.2, 0.25) is 0 Å². The normalized spacial score (nSPS) is 12.8. The third kappa shape index (κ3) is 6.28. The van der Waals surface area contributed by atoms with Gasteiger partial charge in [-0.25, -0.2) is 16.8 Å². The minimum Gasteiger partial charge on any atom is -0.360 e. The topological polar surface area (TPSA) is 105 Å². The summed E-state index contributed by atoms with van der Waals surface area (Å²) in [7, 11) is -7.40. The highest BCUT2D eigenvalue weighted by atomic mass is 32.2. The van der Waals surface area contributed by atoms with Crippen molar-refractivity contribution in [3.63, 3.8) is 0 Å². The van der Waals surface area contributed by atoms with E-state index in [-0.39, 0.29) is 23.3 Å². The molecule has 0 aromatic heterocycles. The highest BCUT2D eigenvalue weighted by Gasteiger charge is 2.34. The summed E-state index contributed by atoms with van der Waals surface area (Å²) in [6.07, 6.45) is 0. The minimum absolute atomic E-state index is 0.109. The lowest BCUT2D eigenvalue weighted by atomic mass is 10.3. The van der Waals surface area contributed by atoms with Crippen molar-refractivity contribution in [1.82, 2.24) is 0 Å². The molecule has 0 fully saturated rings. The van der Waals surface area contributed by atoms with Gasteiger partial charge < -0.3 is 5.53 Å². The van der Waals surface area contributed by atoms with Crippen LogP contribution in [0.3, 0.4) is 0 Å². The zero-order valence-corrected chi connectivity index (χ0v) is 12.8. The molecule has 18 heavy (non-hydrogen) atoms. The van der Waals surface area contributed by atoms with Crippen molar-refractivity contribution in [2.75, 3.05) is 17.3 Å². The minimum atomic E-state index is -3.82. The van der Waals surface area contributed by atoms with Gasteiger partial charge in [0.05, 0.1) is 11.5 Å². The Labute approximate surface area is 109 Å². The molecule has 0 unspecified atom stereocenters. The number of sulfone groups is 2. The highest BCUT2D eigenvalue weighted by Crippen LogP contribution is 2.07. The van der Waals surface area contributed by atoms with Gasteiger partial charge in [-0.3, -0.25) is 0 Å². The molecular weight excluding hydrogens is 276 g/mol. The summed E-state index contributed by atoms with van der Waals surface area (Å²) in [5.41, 5.74) is 8.72. The fourth-order valence-corrected chi connectivity index (χ4v) is 5.49. The fourth-order valence-electron chi connectivity index (χ4n) is 1.47. The van der Waals surface area contributed by atoms with E-state index in [1.165, 1.54) is 0 Å². The summed E-state index contributed by atoms with van der Waals surface area (Å²) >= 11 is 0. The van der Waals surface area contributed by atoms with E-state index in [2.05, 4.69) is 4.79 Å². The molecule has 0 saturated heterocycles. The lowest BCUT2D eigenvalue weighted by Crippen LogP contribution is -2.31. The molecule has 0 aliphatic carbocycles. The van der Waals surface area contributed by atoms with Crippen LogP contribution in [0.25, 0.3) is 5.53 Å². The van der Waals surface area contributed by atoms with Crippen molar-refractivity contribution in [2.24, 2.45) is 11.8 Å². The van der Waals surface area contributed by atoms with E-state index >= 15 is 0 Å². The molecule has 0 rings (SSSR count). The van der Waals surface area contributed by atoms with Crippen molar-refractivity contribution in [3.05, 3.63) is 5.53 Å². The Morgan fingerprint density at radius 2 is 1.44 bits per heavy atom. The van der Waals surface area contributed by atoms with Crippen LogP contribution in [0.5, 0.6) is 0 Å². The lowest BCUT2D eigenvalue weighted by molar-refractivity contribution is -0.000847. The van der Waals surface area contributed by atoms with Crippen molar-refractivity contribution >= 4 is 24.7 Å². The van der Waals surface area contributed by atoms with E-state index in [9.17, 15) is 16.8 Å². The molecule has 0 N–H and O–H groups in total. The molecule has 0 aliphatic rings. The summed E-state index contributed by atoms with van der Waals surface area (Å²) in [5, 5.41) is -0.670. The molecule has 0 aromatic carbocycles. The SMILES string of the molecule is CC(C)CS(=O)(=O)CC(=[N+]=[N-])S(=O)(=O)CC(C)C. The van der Waals surface area contributed by atoms with Gasteiger partial charge in [0.25, 0.3) is 9.84 Å². The van der Waals surface area contributed by atoms with Crippen molar-refractivity contribution in [3.8, 4) is 0 Å². The number of hydrogen-bond donors (Lipinski definition) is 0. The van der Waals surface area contributed by atoms with E-state index < -0.39 is 30.5 Å². The van der Waals surface area contributed by atoms with Gasteiger partial charge in [0.15, 0.2) is 15.6 Å². The van der Waals surface area contributed by atoms with Gasteiger partial charge in [-0.2, -0.15) is 4.79 Å². The van der Waals surface area contributed by atoms with Gasteiger partial charge >= 0.3 is 5.04 Å². The standard InChI is InChI=1S/C10H20N2O4S2/c1-8(2)5-17(13,14)7-10(12-11)18(15,16)6-9(3)4/h8-9H,5-7H2,1-4H3. The van der Waals surface area contributed by atoms with Crippen LogP contribution in [-0.2, 0) is 19.7 Å². The van der Waals surface area contributed by atoms with E-state index in [1.807, 2.05) is 0 Å². The first-order valence-electron chi connectivity index (χ1n) is 5.64. The van der Waals surface area contributed by atoms with Crippen LogP contribution in [0.1, 0.15) is 27.7 Å². The third-order valence-corrected chi connectivity index (χ3v) is 6.07. The molecule has 106 valence electrons. The molecule has 0 spiro atoms. The molecule has 0 radical (unpaired) electrons. The highest BCUT2D eigenvalue weighted by molar-refractivity contribution is 8.08. The van der Waals surface area contributed by atoms with Crippen LogP contribution in [0.4, 0.5) is 0 Å². The van der Waals surface area contributed by atoms with Crippen molar-refractivity contribution in [2.45, 2.75) is 27.7 Å². The number of nitrogens with zero attached hydrogens (tertiary/aromatic N) is 2. The Kier molecular flexibility index (Phi) is 6.19. The second kappa shape index (κ2) is 6.45. The van der Waals surface area contributed by atoms with Crippen LogP contribution in [0.15, 0.2) is 0 Å². The Morgan fingerprint density at radius 1 is 1.00 bits per heavy atom. The quantitative estimate of drug-likeness (QED) is 0.312. The van der Waals surface area contributed by atoms with Crippen LogP contribution in [0.2, 0.25) is 0 Å². The van der Waals surface area contributed by atoms with E-state index in [0.29, 0.717) is 0 Å². The molecule has 8 heteroatoms. The summed E-state index contributed by atoms with van der Waals surface area (Å²) in [4.78, 5) is 2.65. The second-order valence-corrected chi connectivity index (χ2v) is 9.26. The first-order valence-corrected chi connectivity index (χ1v) is 9.11. The Hall–Kier alpha value is -0.720. The van der Waals surface area contributed by atoms with Crippen LogP contribution >= 0.6 is 0 Å². The Balaban J connectivity index is 5.13. The van der Waals surface area contributed by atoms with Crippen LogP contribution in [0, 0.1) is 11.8 Å². The predicted octanol–water partition coefficient (Wildman–Crippen LogP) is 0.756. The molecule has 0 atom stereocenters. The van der Waals surface area contributed by atoms with Gasteiger partial charge in [0.1, 0.15) is 0 Å². The van der Waals surface area contributed by atoms with Gasteiger partial charge in [-0.15, -0.1) is 0 Å². The summed E-state index contributed by atoms with van der Waals surface area (Å²) < 4.78 is 46.9. The van der Waals surface area contributed by atoms with Crippen LogP contribution < -0.4 is 0 Å². The van der Waals surface area contributed by atoms with Crippen LogP contribution in [-0.4, -0.2) is 43.9 Å². The summed E-state index contributed by atoms with van der Waals surface area (Å²) in [6, 6.07) is 0. The molecule has 0 aliphatic heterocycles. The summed E-state index contributed by atoms with van der Waals surface area (Å²) in [5.74, 6) is -1.38. The third-order valence-electron chi connectivity index (χ3n) is 1.95. The first-order chi connectivity index (χ1) is 8.00.